The largest absolute Gasteiger partial charge is 0.462 e. The Hall–Kier alpha value is -2.97. The van der Waals surface area contributed by atoms with Crippen LogP contribution in [0, 0.1) is 25.2 Å². The van der Waals surface area contributed by atoms with Crippen molar-refractivity contribution in [3.63, 3.8) is 0 Å². The summed E-state index contributed by atoms with van der Waals surface area (Å²) >= 11 is 1.37. The molecule has 0 atom stereocenters. The zero-order valence-electron chi connectivity index (χ0n) is 15.5. The number of hydrogen-bond acceptors (Lipinski definition) is 5. The molecule has 0 amide bonds. The van der Waals surface area contributed by atoms with Gasteiger partial charge in [0, 0.05) is 5.41 Å². The van der Waals surface area contributed by atoms with Crippen LogP contribution in [-0.4, -0.2) is 12.6 Å². The van der Waals surface area contributed by atoms with Gasteiger partial charge in [-0.2, -0.15) is 5.26 Å². The van der Waals surface area contributed by atoms with Gasteiger partial charge in [0.25, 0.3) is 0 Å². The normalized spacial score (nSPS) is 15.2. The first-order chi connectivity index (χ1) is 13.1. The molecule has 0 saturated carbocycles. The van der Waals surface area contributed by atoms with E-state index >= 15 is 0 Å². The lowest BCUT2D eigenvalue weighted by atomic mass is 10.1. The van der Waals surface area contributed by atoms with Crippen LogP contribution >= 0.6 is 11.8 Å². The van der Waals surface area contributed by atoms with E-state index in [1.54, 1.807) is 6.92 Å². The molecule has 2 aromatic carbocycles. The number of ether oxygens (including phenoxy) is 1. The van der Waals surface area contributed by atoms with Gasteiger partial charge in [-0.05, 0) is 37.5 Å². The molecule has 0 unspecified atom stereocenters. The summed E-state index contributed by atoms with van der Waals surface area (Å²) in [5.41, 5.74) is 5.08. The van der Waals surface area contributed by atoms with Crippen LogP contribution in [0.3, 0.4) is 0 Å². The number of nitrogens with zero attached hydrogens (tertiary/aromatic N) is 2. The first kappa shape index (κ1) is 18.8. The fourth-order valence-corrected chi connectivity index (χ4v) is 4.07. The van der Waals surface area contributed by atoms with Crippen molar-refractivity contribution < 1.29 is 9.53 Å². The van der Waals surface area contributed by atoms with E-state index in [0.717, 1.165) is 28.1 Å². The van der Waals surface area contributed by atoms with Crippen molar-refractivity contribution in [3.8, 4) is 6.07 Å². The van der Waals surface area contributed by atoms with Crippen LogP contribution in [-0.2, 0) is 9.53 Å². The summed E-state index contributed by atoms with van der Waals surface area (Å²) in [6.45, 7) is 6.02. The van der Waals surface area contributed by atoms with Gasteiger partial charge in [0.05, 0.1) is 18.0 Å². The van der Waals surface area contributed by atoms with Crippen molar-refractivity contribution in [3.05, 3.63) is 81.2 Å². The van der Waals surface area contributed by atoms with Crippen molar-refractivity contribution in [1.29, 1.82) is 5.26 Å². The molecule has 0 radical (unpaired) electrons. The number of esters is 1. The van der Waals surface area contributed by atoms with Gasteiger partial charge >= 0.3 is 5.97 Å². The van der Waals surface area contributed by atoms with Crippen LogP contribution in [0.15, 0.2) is 64.5 Å². The fraction of sp³-hybridized carbons (Fsp3) is 0.182. The molecule has 0 bridgehead atoms. The average Bonchev–Trinajstić information content (AvgIpc) is 3.08. The van der Waals surface area contributed by atoms with Gasteiger partial charge < -0.3 is 9.64 Å². The molecule has 0 aliphatic carbocycles. The first-order valence-electron chi connectivity index (χ1n) is 8.68. The van der Waals surface area contributed by atoms with Gasteiger partial charge in [0.2, 0.25) is 0 Å². The number of carbonyl (C=O) groups excluding carboxylic acids is 1. The summed E-state index contributed by atoms with van der Waals surface area (Å²) in [6.07, 6.45) is 0. The highest BCUT2D eigenvalue weighted by Gasteiger charge is 2.32. The predicted octanol–water partition coefficient (Wildman–Crippen LogP) is 5.15. The zero-order chi connectivity index (χ0) is 19.4. The van der Waals surface area contributed by atoms with E-state index in [2.05, 4.69) is 0 Å². The van der Waals surface area contributed by atoms with Gasteiger partial charge in [-0.1, -0.05) is 60.3 Å². The Balaban J connectivity index is 2.22. The number of benzene rings is 2. The molecule has 3 rings (SSSR count). The van der Waals surface area contributed by atoms with E-state index < -0.39 is 5.97 Å². The van der Waals surface area contributed by atoms with Gasteiger partial charge in [-0.15, -0.1) is 0 Å². The quantitative estimate of drug-likeness (QED) is 0.419. The molecule has 1 heterocycles. The van der Waals surface area contributed by atoms with Crippen LogP contribution in [0.25, 0.3) is 5.70 Å². The van der Waals surface area contributed by atoms with Crippen molar-refractivity contribution >= 4 is 29.1 Å². The SMILES string of the molecule is CCOC(=O)C(C#N)=C1SC=C(c2ccccc2)N1c1c(C)cccc1C. The predicted molar refractivity (Wildman–Crippen MR) is 110 cm³/mol. The summed E-state index contributed by atoms with van der Waals surface area (Å²) in [7, 11) is 0. The number of anilines is 1. The summed E-state index contributed by atoms with van der Waals surface area (Å²) in [4.78, 5) is 14.4. The lowest BCUT2D eigenvalue weighted by Crippen LogP contribution is -2.21. The number of thioether (sulfide) groups is 1. The molecule has 0 saturated heterocycles. The summed E-state index contributed by atoms with van der Waals surface area (Å²) in [6, 6.07) is 18.1. The van der Waals surface area contributed by atoms with E-state index in [4.69, 9.17) is 4.74 Å². The lowest BCUT2D eigenvalue weighted by Gasteiger charge is -2.27. The number of rotatable bonds is 4. The third-order valence-electron chi connectivity index (χ3n) is 4.26. The molecule has 0 N–H and O–H groups in total. The number of aryl methyl sites for hydroxylation is 2. The van der Waals surface area contributed by atoms with Crippen LogP contribution in [0.5, 0.6) is 0 Å². The van der Waals surface area contributed by atoms with Gasteiger partial charge in [-0.3, -0.25) is 0 Å². The number of nitriles is 1. The monoisotopic (exact) mass is 376 g/mol. The Labute approximate surface area is 163 Å². The molecule has 1 aliphatic rings. The van der Waals surface area contributed by atoms with Crippen molar-refractivity contribution in [1.82, 2.24) is 0 Å². The Morgan fingerprint density at radius 1 is 1.11 bits per heavy atom. The second-order valence-electron chi connectivity index (χ2n) is 6.08. The Morgan fingerprint density at radius 2 is 1.78 bits per heavy atom. The van der Waals surface area contributed by atoms with Crippen LogP contribution in [0.4, 0.5) is 5.69 Å². The van der Waals surface area contributed by atoms with E-state index in [1.807, 2.05) is 78.8 Å². The van der Waals surface area contributed by atoms with E-state index in [1.165, 1.54) is 11.8 Å². The van der Waals surface area contributed by atoms with Crippen LogP contribution in [0.1, 0.15) is 23.6 Å². The molecular weight excluding hydrogens is 356 g/mol. The highest BCUT2D eigenvalue weighted by Crippen LogP contribution is 2.46. The highest BCUT2D eigenvalue weighted by atomic mass is 32.2. The summed E-state index contributed by atoms with van der Waals surface area (Å²) in [5, 5.41) is 12.2. The van der Waals surface area contributed by atoms with Crippen molar-refractivity contribution in [2.45, 2.75) is 20.8 Å². The van der Waals surface area contributed by atoms with Crippen molar-refractivity contribution in [2.75, 3.05) is 11.5 Å². The molecular formula is C22H20N2O2S. The standard InChI is InChI=1S/C22H20N2O2S/c1-4-26-22(25)18(13-23)21-24(20-15(2)9-8-10-16(20)3)19(14-27-21)17-11-6-5-7-12-17/h5-12,14H,4H2,1-3H3. The van der Waals surface area contributed by atoms with Gasteiger partial charge in [0.1, 0.15) is 11.1 Å². The third kappa shape index (κ3) is 3.62. The minimum Gasteiger partial charge on any atom is -0.462 e. The Bertz CT molecular complexity index is 951. The fourth-order valence-electron chi connectivity index (χ4n) is 3.07. The molecule has 136 valence electrons. The Kier molecular flexibility index (Phi) is 5.68. The molecule has 2 aromatic rings. The smallest absolute Gasteiger partial charge is 0.351 e. The second kappa shape index (κ2) is 8.15. The zero-order valence-corrected chi connectivity index (χ0v) is 16.3. The molecule has 0 aromatic heterocycles. The molecule has 0 fully saturated rings. The molecule has 27 heavy (non-hydrogen) atoms. The van der Waals surface area contributed by atoms with Crippen LogP contribution < -0.4 is 4.90 Å². The van der Waals surface area contributed by atoms with Crippen LogP contribution in [0.2, 0.25) is 0 Å². The molecule has 4 nitrogen and oxygen atoms in total. The van der Waals surface area contributed by atoms with Gasteiger partial charge in [0.15, 0.2) is 5.57 Å². The number of hydrogen-bond donors (Lipinski definition) is 0. The maximum Gasteiger partial charge on any atom is 0.351 e. The van der Waals surface area contributed by atoms with E-state index in [9.17, 15) is 10.1 Å². The Morgan fingerprint density at radius 3 is 2.37 bits per heavy atom. The number of para-hydroxylation sites is 1. The summed E-state index contributed by atoms with van der Waals surface area (Å²) < 4.78 is 5.11. The minimum atomic E-state index is -0.596. The lowest BCUT2D eigenvalue weighted by molar-refractivity contribution is -0.138. The maximum absolute atomic E-state index is 12.4. The first-order valence-corrected chi connectivity index (χ1v) is 9.56. The highest BCUT2D eigenvalue weighted by molar-refractivity contribution is 8.06. The molecule has 0 spiro atoms. The number of carbonyl (C=O) groups is 1. The maximum atomic E-state index is 12.4. The minimum absolute atomic E-state index is 0.0201. The van der Waals surface area contributed by atoms with E-state index in [0.29, 0.717) is 5.03 Å². The third-order valence-corrected chi connectivity index (χ3v) is 5.22. The second-order valence-corrected chi connectivity index (χ2v) is 6.93. The van der Waals surface area contributed by atoms with E-state index in [-0.39, 0.29) is 12.2 Å². The molecule has 5 heteroatoms. The van der Waals surface area contributed by atoms with Crippen molar-refractivity contribution in [2.24, 2.45) is 0 Å². The van der Waals surface area contributed by atoms with Gasteiger partial charge in [-0.25, -0.2) is 4.79 Å². The molecule has 1 aliphatic heterocycles. The summed E-state index contributed by atoms with van der Waals surface area (Å²) in [5.74, 6) is -0.596. The average molecular weight is 376 g/mol. The topological polar surface area (TPSA) is 53.3 Å².